The third-order valence-corrected chi connectivity index (χ3v) is 1.64. The molecular formula is C10H10NO4. The van der Waals surface area contributed by atoms with E-state index in [1.54, 1.807) is 0 Å². The Morgan fingerprint density at radius 2 is 2.07 bits per heavy atom. The fourth-order valence-electron chi connectivity index (χ4n) is 0.960. The van der Waals surface area contributed by atoms with Gasteiger partial charge in [0, 0.05) is 12.1 Å². The summed E-state index contributed by atoms with van der Waals surface area (Å²) in [5.41, 5.74) is -0.0331. The topological polar surface area (TPSA) is 69.4 Å². The average Bonchev–Trinajstić information content (AvgIpc) is 2.18. The molecule has 0 saturated heterocycles. The molecule has 0 spiro atoms. The van der Waals surface area contributed by atoms with Crippen LogP contribution in [0.2, 0.25) is 0 Å². The zero-order valence-corrected chi connectivity index (χ0v) is 8.17. The molecule has 79 valence electrons. The van der Waals surface area contributed by atoms with Crippen LogP contribution >= 0.6 is 0 Å². The largest absolute Gasteiger partial charge is 0.426 e. The molecule has 0 aliphatic rings. The van der Waals surface area contributed by atoms with Crippen molar-refractivity contribution in [1.82, 2.24) is 0 Å². The summed E-state index contributed by atoms with van der Waals surface area (Å²) in [6, 6.07) is 5.35. The van der Waals surface area contributed by atoms with Crippen LogP contribution in [0.25, 0.3) is 0 Å². The summed E-state index contributed by atoms with van der Waals surface area (Å²) in [6.45, 7) is 1.82. The van der Waals surface area contributed by atoms with Crippen molar-refractivity contribution in [3.63, 3.8) is 0 Å². The van der Waals surface area contributed by atoms with Gasteiger partial charge in [-0.3, -0.25) is 14.9 Å². The number of carbonyl (C=O) groups excluding carboxylic acids is 1. The molecule has 1 aromatic rings. The number of hydrogen-bond acceptors (Lipinski definition) is 4. The molecule has 0 heterocycles. The lowest BCUT2D eigenvalue weighted by atomic mass is 10.3. The highest BCUT2D eigenvalue weighted by Gasteiger charge is 2.07. The van der Waals surface area contributed by atoms with Gasteiger partial charge in [0.1, 0.15) is 5.75 Å². The van der Waals surface area contributed by atoms with Crippen LogP contribution in [0.3, 0.4) is 0 Å². The Morgan fingerprint density at radius 1 is 1.47 bits per heavy atom. The molecule has 1 radical (unpaired) electrons. The van der Waals surface area contributed by atoms with Crippen molar-refractivity contribution in [1.29, 1.82) is 0 Å². The molecule has 0 bridgehead atoms. The fraction of sp³-hybridized carbons (Fsp3) is 0.200. The Kier molecular flexibility index (Phi) is 3.79. The first kappa shape index (κ1) is 11.2. The van der Waals surface area contributed by atoms with Crippen molar-refractivity contribution in [2.75, 3.05) is 0 Å². The summed E-state index contributed by atoms with van der Waals surface area (Å²) < 4.78 is 4.87. The van der Waals surface area contributed by atoms with Crippen molar-refractivity contribution in [2.45, 2.75) is 13.3 Å². The van der Waals surface area contributed by atoms with E-state index in [0.29, 0.717) is 12.2 Å². The lowest BCUT2D eigenvalue weighted by Crippen LogP contribution is -2.07. The van der Waals surface area contributed by atoms with Gasteiger partial charge in [-0.1, -0.05) is 6.92 Å². The maximum Gasteiger partial charge on any atom is 0.315 e. The summed E-state index contributed by atoms with van der Waals surface area (Å²) in [4.78, 5) is 20.8. The molecule has 0 aromatic heterocycles. The number of esters is 1. The SMILES string of the molecule is CC[CH]C(=O)Oc1ccc([N+](=O)[O-])cc1. The number of nitrogens with zero attached hydrogens (tertiary/aromatic N) is 1. The quantitative estimate of drug-likeness (QED) is 0.329. The summed E-state index contributed by atoms with van der Waals surface area (Å²) >= 11 is 0. The number of nitro groups is 1. The van der Waals surface area contributed by atoms with Crippen LogP contribution in [0.1, 0.15) is 13.3 Å². The Hall–Kier alpha value is -1.91. The van der Waals surface area contributed by atoms with E-state index < -0.39 is 10.9 Å². The smallest absolute Gasteiger partial charge is 0.315 e. The van der Waals surface area contributed by atoms with Crippen molar-refractivity contribution in [2.24, 2.45) is 0 Å². The van der Waals surface area contributed by atoms with Crippen molar-refractivity contribution in [3.05, 3.63) is 40.8 Å². The second-order valence-corrected chi connectivity index (χ2v) is 2.78. The Labute approximate surface area is 86.8 Å². The van der Waals surface area contributed by atoms with Crippen LogP contribution < -0.4 is 4.74 Å². The van der Waals surface area contributed by atoms with Crippen LogP contribution in [0.5, 0.6) is 5.75 Å². The minimum atomic E-state index is -0.510. The fourth-order valence-corrected chi connectivity index (χ4v) is 0.960. The molecule has 5 nitrogen and oxygen atoms in total. The van der Waals surface area contributed by atoms with Crippen LogP contribution in [0.4, 0.5) is 5.69 Å². The zero-order valence-electron chi connectivity index (χ0n) is 8.17. The van der Waals surface area contributed by atoms with Gasteiger partial charge in [0.25, 0.3) is 5.69 Å². The predicted octanol–water partition coefficient (Wildman–Crippen LogP) is 2.11. The highest BCUT2D eigenvalue weighted by atomic mass is 16.6. The van der Waals surface area contributed by atoms with Gasteiger partial charge >= 0.3 is 5.97 Å². The number of hydrogen-bond donors (Lipinski definition) is 0. The third-order valence-electron chi connectivity index (χ3n) is 1.64. The molecule has 0 amide bonds. The number of non-ortho nitro benzene ring substituents is 1. The van der Waals surface area contributed by atoms with Crippen LogP contribution in [-0.4, -0.2) is 10.9 Å². The first-order valence-corrected chi connectivity index (χ1v) is 4.43. The molecule has 0 aliphatic heterocycles. The summed E-state index contributed by atoms with van der Waals surface area (Å²) in [5.74, 6) is -0.151. The van der Waals surface area contributed by atoms with E-state index in [1.165, 1.54) is 30.7 Å². The molecule has 15 heavy (non-hydrogen) atoms. The lowest BCUT2D eigenvalue weighted by Gasteiger charge is -2.01. The Balaban J connectivity index is 2.64. The van der Waals surface area contributed by atoms with E-state index in [9.17, 15) is 14.9 Å². The highest BCUT2D eigenvalue weighted by Crippen LogP contribution is 2.17. The number of rotatable bonds is 4. The Morgan fingerprint density at radius 3 is 2.53 bits per heavy atom. The summed E-state index contributed by atoms with van der Waals surface area (Å²) in [5, 5.41) is 10.3. The monoisotopic (exact) mass is 208 g/mol. The maximum atomic E-state index is 11.0. The first-order chi connectivity index (χ1) is 7.13. The van der Waals surface area contributed by atoms with Crippen molar-refractivity contribution < 1.29 is 14.5 Å². The van der Waals surface area contributed by atoms with Gasteiger partial charge in [-0.2, -0.15) is 0 Å². The van der Waals surface area contributed by atoms with Crippen molar-refractivity contribution in [3.8, 4) is 5.75 Å². The number of benzene rings is 1. The van der Waals surface area contributed by atoms with Gasteiger partial charge in [-0.05, 0) is 18.6 Å². The molecule has 1 aromatic carbocycles. The Bertz CT molecular complexity index is 358. The number of carbonyl (C=O) groups is 1. The van der Waals surface area contributed by atoms with E-state index >= 15 is 0 Å². The predicted molar refractivity (Wildman–Crippen MR) is 53.3 cm³/mol. The molecule has 0 unspecified atom stereocenters. The lowest BCUT2D eigenvalue weighted by molar-refractivity contribution is -0.384. The van der Waals surface area contributed by atoms with E-state index in [-0.39, 0.29) is 5.69 Å². The van der Waals surface area contributed by atoms with Gasteiger partial charge < -0.3 is 4.74 Å². The zero-order chi connectivity index (χ0) is 11.3. The van der Waals surface area contributed by atoms with Gasteiger partial charge in [0.15, 0.2) is 0 Å². The normalized spacial score (nSPS) is 9.67. The molecule has 5 heteroatoms. The summed E-state index contributed by atoms with van der Waals surface area (Å²) in [7, 11) is 0. The highest BCUT2D eigenvalue weighted by molar-refractivity contribution is 5.80. The molecular weight excluding hydrogens is 198 g/mol. The van der Waals surface area contributed by atoms with Gasteiger partial charge in [0.05, 0.1) is 11.3 Å². The maximum absolute atomic E-state index is 11.0. The van der Waals surface area contributed by atoms with E-state index in [1.807, 2.05) is 6.92 Å². The number of nitro benzene ring substituents is 1. The molecule has 1 rings (SSSR count). The first-order valence-electron chi connectivity index (χ1n) is 4.43. The second kappa shape index (κ2) is 5.09. The van der Waals surface area contributed by atoms with E-state index in [0.717, 1.165) is 0 Å². The van der Waals surface area contributed by atoms with Gasteiger partial charge in [-0.15, -0.1) is 0 Å². The molecule has 0 N–H and O–H groups in total. The molecule has 0 saturated carbocycles. The van der Waals surface area contributed by atoms with E-state index in [2.05, 4.69) is 0 Å². The van der Waals surface area contributed by atoms with Gasteiger partial charge in [0.2, 0.25) is 0 Å². The van der Waals surface area contributed by atoms with Crippen LogP contribution in [0, 0.1) is 16.5 Å². The number of ether oxygens (including phenoxy) is 1. The summed E-state index contributed by atoms with van der Waals surface area (Å²) in [6.07, 6.45) is 1.98. The van der Waals surface area contributed by atoms with Crippen LogP contribution in [-0.2, 0) is 4.79 Å². The average molecular weight is 208 g/mol. The third kappa shape index (κ3) is 3.38. The molecule has 0 fully saturated rings. The standard InChI is InChI=1S/C10H10NO4/c1-2-3-10(12)15-9-6-4-8(5-7-9)11(13)14/h3-7H,2H2,1H3. The molecule has 0 atom stereocenters. The molecule has 0 aliphatic carbocycles. The van der Waals surface area contributed by atoms with Gasteiger partial charge in [-0.25, -0.2) is 0 Å². The van der Waals surface area contributed by atoms with E-state index in [4.69, 9.17) is 4.74 Å². The minimum Gasteiger partial charge on any atom is -0.426 e. The second-order valence-electron chi connectivity index (χ2n) is 2.78. The van der Waals surface area contributed by atoms with Crippen molar-refractivity contribution >= 4 is 11.7 Å². The van der Waals surface area contributed by atoms with Crippen LogP contribution in [0.15, 0.2) is 24.3 Å². The minimum absolute atomic E-state index is 0.0331.